The summed E-state index contributed by atoms with van der Waals surface area (Å²) in [6.07, 6.45) is 1.43. The average Bonchev–Trinajstić information content (AvgIpc) is 2.89. The molecule has 3 aromatic carbocycles. The lowest BCUT2D eigenvalue weighted by Crippen LogP contribution is -2.20. The third kappa shape index (κ3) is 8.14. The summed E-state index contributed by atoms with van der Waals surface area (Å²) in [7, 11) is 5.35. The summed E-state index contributed by atoms with van der Waals surface area (Å²) in [6.45, 7) is 1.44. The van der Waals surface area contributed by atoms with Crippen molar-refractivity contribution in [2.45, 2.75) is 6.61 Å². The number of halogens is 1. The number of hydrogen-bond donors (Lipinski definition) is 3. The van der Waals surface area contributed by atoms with Crippen molar-refractivity contribution in [2.24, 2.45) is 5.10 Å². The van der Waals surface area contributed by atoms with Crippen molar-refractivity contribution >= 4 is 39.6 Å². The van der Waals surface area contributed by atoms with E-state index in [4.69, 9.17) is 9.47 Å². The monoisotopic (exact) mass is 568 g/mol. The molecule has 0 fully saturated rings. The molecule has 2 amide bonds. The number of aromatic hydroxyl groups is 1. The van der Waals surface area contributed by atoms with Crippen LogP contribution in [-0.4, -0.2) is 62.4 Å². The van der Waals surface area contributed by atoms with Gasteiger partial charge in [-0.25, -0.2) is 5.43 Å². The number of anilines is 1. The van der Waals surface area contributed by atoms with Crippen LogP contribution in [0.1, 0.15) is 31.8 Å². The quantitative estimate of drug-likeness (QED) is 0.181. The first-order chi connectivity index (χ1) is 17.8. The van der Waals surface area contributed by atoms with Gasteiger partial charge in [0.1, 0.15) is 0 Å². The number of carbonyl (C=O) groups excluding carboxylic acids is 2. The highest BCUT2D eigenvalue weighted by Gasteiger charge is 2.13. The zero-order chi connectivity index (χ0) is 26.8. The minimum absolute atomic E-state index is 0.0246. The maximum Gasteiger partial charge on any atom is 0.271 e. The van der Waals surface area contributed by atoms with Crippen molar-refractivity contribution in [1.82, 2.24) is 10.3 Å². The molecular formula is C27H29BrN4O5. The van der Waals surface area contributed by atoms with Crippen LogP contribution in [0, 0.1) is 0 Å². The largest absolute Gasteiger partial charge is 0.503 e. The number of likely N-dealkylation sites (N-methyl/N-ethyl adjacent to an activating group) is 1. The fraction of sp³-hybridized carbons (Fsp3) is 0.222. The Morgan fingerprint density at radius 2 is 1.81 bits per heavy atom. The molecule has 0 aliphatic rings. The van der Waals surface area contributed by atoms with E-state index in [2.05, 4.69) is 31.8 Å². The van der Waals surface area contributed by atoms with E-state index < -0.39 is 5.91 Å². The lowest BCUT2D eigenvalue weighted by atomic mass is 10.1. The number of carbonyl (C=O) groups is 2. The van der Waals surface area contributed by atoms with E-state index in [0.717, 1.165) is 6.54 Å². The highest BCUT2D eigenvalue weighted by Crippen LogP contribution is 2.34. The highest BCUT2D eigenvalue weighted by atomic mass is 79.9. The number of methoxy groups -OCH3 is 1. The molecule has 3 rings (SSSR count). The molecule has 10 heteroatoms. The third-order valence-corrected chi connectivity index (χ3v) is 5.85. The number of hydrogen-bond acceptors (Lipinski definition) is 7. The lowest BCUT2D eigenvalue weighted by molar-refractivity contribution is 0.0953. The number of phenolic OH excluding ortho intramolecular Hbond substituents is 1. The van der Waals surface area contributed by atoms with Crippen LogP contribution in [0.25, 0.3) is 0 Å². The van der Waals surface area contributed by atoms with Gasteiger partial charge in [-0.2, -0.15) is 5.10 Å². The summed E-state index contributed by atoms with van der Waals surface area (Å²) in [5.74, 6) is -0.443. The number of hydrazone groups is 1. The summed E-state index contributed by atoms with van der Waals surface area (Å²) in [6, 6.07) is 17.1. The predicted molar refractivity (Wildman–Crippen MR) is 146 cm³/mol. The van der Waals surface area contributed by atoms with Crippen molar-refractivity contribution in [2.75, 3.05) is 39.7 Å². The summed E-state index contributed by atoms with van der Waals surface area (Å²) in [5.41, 5.74) is 5.19. The number of rotatable bonds is 11. The SMILES string of the molecule is COc1cc(/C=N/NC(=O)c2ccc(NC(=O)c3ccccc3)c(COCCN(C)C)c2)cc(Br)c1O. The van der Waals surface area contributed by atoms with Crippen LogP contribution in [-0.2, 0) is 11.3 Å². The molecule has 194 valence electrons. The van der Waals surface area contributed by atoms with E-state index in [1.54, 1.807) is 54.6 Å². The molecule has 37 heavy (non-hydrogen) atoms. The molecule has 0 saturated heterocycles. The van der Waals surface area contributed by atoms with Gasteiger partial charge in [-0.1, -0.05) is 18.2 Å². The van der Waals surface area contributed by atoms with Gasteiger partial charge in [0.2, 0.25) is 0 Å². The van der Waals surface area contributed by atoms with Crippen LogP contribution < -0.4 is 15.5 Å². The van der Waals surface area contributed by atoms with Crippen molar-refractivity contribution in [1.29, 1.82) is 0 Å². The van der Waals surface area contributed by atoms with E-state index in [9.17, 15) is 14.7 Å². The summed E-state index contributed by atoms with van der Waals surface area (Å²) >= 11 is 3.25. The van der Waals surface area contributed by atoms with Crippen molar-refractivity contribution in [3.05, 3.63) is 87.4 Å². The molecule has 0 atom stereocenters. The van der Waals surface area contributed by atoms with E-state index in [-0.39, 0.29) is 24.0 Å². The molecule has 0 spiro atoms. The summed E-state index contributed by atoms with van der Waals surface area (Å²) in [5, 5.41) is 16.8. The molecule has 0 heterocycles. The Kier molecular flexibility index (Phi) is 10.2. The van der Waals surface area contributed by atoms with Crippen molar-refractivity contribution in [3.8, 4) is 11.5 Å². The van der Waals surface area contributed by atoms with Gasteiger partial charge in [0, 0.05) is 28.9 Å². The Morgan fingerprint density at radius 3 is 2.51 bits per heavy atom. The normalized spacial score (nSPS) is 11.1. The molecule has 0 unspecified atom stereocenters. The number of amides is 2. The van der Waals surface area contributed by atoms with Gasteiger partial charge in [0.05, 0.1) is 31.0 Å². The average molecular weight is 569 g/mol. The van der Waals surface area contributed by atoms with Crippen LogP contribution >= 0.6 is 15.9 Å². The summed E-state index contributed by atoms with van der Waals surface area (Å²) in [4.78, 5) is 27.5. The van der Waals surface area contributed by atoms with E-state index >= 15 is 0 Å². The molecule has 0 radical (unpaired) electrons. The molecule has 0 saturated carbocycles. The Morgan fingerprint density at radius 1 is 1.05 bits per heavy atom. The van der Waals surface area contributed by atoms with E-state index in [0.29, 0.717) is 39.0 Å². The Bertz CT molecular complexity index is 1270. The molecule has 3 aromatic rings. The number of nitrogens with one attached hydrogen (secondary N) is 2. The first-order valence-electron chi connectivity index (χ1n) is 11.4. The summed E-state index contributed by atoms with van der Waals surface area (Å²) < 4.78 is 11.3. The van der Waals surface area contributed by atoms with Gasteiger partial charge >= 0.3 is 0 Å². The minimum Gasteiger partial charge on any atom is -0.503 e. The molecule has 0 aliphatic heterocycles. The van der Waals surface area contributed by atoms with Crippen LogP contribution in [0.5, 0.6) is 11.5 Å². The van der Waals surface area contributed by atoms with Crippen molar-refractivity contribution < 1.29 is 24.2 Å². The minimum atomic E-state index is -0.434. The number of ether oxygens (including phenoxy) is 2. The zero-order valence-corrected chi connectivity index (χ0v) is 22.4. The Hall–Kier alpha value is -3.73. The topological polar surface area (TPSA) is 112 Å². The van der Waals surface area contributed by atoms with Gasteiger partial charge in [0.25, 0.3) is 11.8 Å². The third-order valence-electron chi connectivity index (χ3n) is 5.24. The molecule has 0 aliphatic carbocycles. The first-order valence-corrected chi connectivity index (χ1v) is 12.2. The Balaban J connectivity index is 1.75. The van der Waals surface area contributed by atoms with Gasteiger partial charge < -0.3 is 24.8 Å². The highest BCUT2D eigenvalue weighted by molar-refractivity contribution is 9.10. The van der Waals surface area contributed by atoms with Crippen LogP contribution in [0.3, 0.4) is 0 Å². The van der Waals surface area contributed by atoms with Crippen LogP contribution in [0.4, 0.5) is 5.69 Å². The lowest BCUT2D eigenvalue weighted by Gasteiger charge is -2.14. The second kappa shape index (κ2) is 13.5. The zero-order valence-electron chi connectivity index (χ0n) is 20.8. The predicted octanol–water partition coefficient (Wildman–Crippen LogP) is 4.26. The van der Waals surface area contributed by atoms with Gasteiger partial charge in [-0.05, 0) is 78.1 Å². The van der Waals surface area contributed by atoms with Crippen LogP contribution in [0.2, 0.25) is 0 Å². The molecular weight excluding hydrogens is 540 g/mol. The number of nitrogens with zero attached hydrogens (tertiary/aromatic N) is 2. The van der Waals surface area contributed by atoms with Crippen molar-refractivity contribution in [3.63, 3.8) is 0 Å². The maximum atomic E-state index is 12.8. The van der Waals surface area contributed by atoms with Gasteiger partial charge in [-0.15, -0.1) is 0 Å². The Labute approximate surface area is 224 Å². The van der Waals surface area contributed by atoms with Gasteiger partial charge in [0.15, 0.2) is 11.5 Å². The standard InChI is InChI=1S/C27H29BrN4O5/c1-32(2)11-12-37-17-21-15-20(9-10-23(21)30-26(34)19-7-5-4-6-8-19)27(35)31-29-16-18-13-22(28)25(33)24(14-18)36-3/h4-10,13-16,33H,11-12,17H2,1-3H3,(H,30,34)(H,31,35)/b29-16+. The van der Waals surface area contributed by atoms with E-state index in [1.807, 2.05) is 25.1 Å². The van der Waals surface area contributed by atoms with E-state index in [1.165, 1.54) is 13.3 Å². The maximum absolute atomic E-state index is 12.8. The molecule has 0 bridgehead atoms. The molecule has 9 nitrogen and oxygen atoms in total. The van der Waals surface area contributed by atoms with Gasteiger partial charge in [-0.3, -0.25) is 9.59 Å². The molecule has 3 N–H and O–H groups in total. The second-order valence-electron chi connectivity index (χ2n) is 8.30. The smallest absolute Gasteiger partial charge is 0.271 e. The second-order valence-corrected chi connectivity index (χ2v) is 9.15. The fourth-order valence-electron chi connectivity index (χ4n) is 3.24. The fourth-order valence-corrected chi connectivity index (χ4v) is 3.70. The van der Waals surface area contributed by atoms with Crippen LogP contribution in [0.15, 0.2) is 70.2 Å². The number of benzene rings is 3. The molecule has 0 aromatic heterocycles. The first kappa shape index (κ1) is 27.9. The number of phenols is 1.